The normalized spacial score (nSPS) is 15.4. The highest BCUT2D eigenvalue weighted by molar-refractivity contribution is 5.97. The number of nitrogens with one attached hydrogen (secondary N) is 1. The first kappa shape index (κ1) is 16.8. The Morgan fingerprint density at radius 2 is 2.08 bits per heavy atom. The zero-order valence-corrected chi connectivity index (χ0v) is 15.5. The number of hydrogen-bond donors (Lipinski definition) is 1. The van der Waals surface area contributed by atoms with Crippen molar-refractivity contribution in [3.63, 3.8) is 0 Å². The van der Waals surface area contributed by atoms with Crippen LogP contribution in [-0.2, 0) is 6.42 Å². The van der Waals surface area contributed by atoms with E-state index in [1.165, 1.54) is 11.1 Å². The summed E-state index contributed by atoms with van der Waals surface area (Å²) in [5.74, 6) is -0.0661. The first-order chi connectivity index (χ1) is 12.5. The van der Waals surface area contributed by atoms with Crippen molar-refractivity contribution in [2.45, 2.75) is 51.6 Å². The van der Waals surface area contributed by atoms with Crippen LogP contribution in [0.25, 0.3) is 11.2 Å². The molecule has 1 aliphatic rings. The molecule has 0 radical (unpaired) electrons. The quantitative estimate of drug-likeness (QED) is 0.762. The molecule has 5 nitrogen and oxygen atoms in total. The topological polar surface area (TPSA) is 59.8 Å². The minimum absolute atomic E-state index is 0.0661. The van der Waals surface area contributed by atoms with Crippen LogP contribution in [0.5, 0.6) is 0 Å². The highest BCUT2D eigenvalue weighted by Crippen LogP contribution is 2.39. The van der Waals surface area contributed by atoms with Crippen LogP contribution < -0.4 is 5.32 Å². The lowest BCUT2D eigenvalue weighted by atomic mass is 10.0. The SMILES string of the molecule is Cc1cccc(CC2(NC(=O)c3cnc4c(c3)ncn4C(C)C)CC2)c1. The fourth-order valence-corrected chi connectivity index (χ4v) is 3.44. The van der Waals surface area contributed by atoms with Crippen LogP contribution >= 0.6 is 0 Å². The number of carbonyl (C=O) groups is 1. The fourth-order valence-electron chi connectivity index (χ4n) is 3.44. The summed E-state index contributed by atoms with van der Waals surface area (Å²) < 4.78 is 2.01. The number of imidazole rings is 1. The molecular weight excluding hydrogens is 324 g/mol. The Morgan fingerprint density at radius 1 is 1.27 bits per heavy atom. The molecule has 4 rings (SSSR count). The number of hydrogen-bond acceptors (Lipinski definition) is 3. The van der Waals surface area contributed by atoms with Crippen molar-refractivity contribution in [3.8, 4) is 0 Å². The van der Waals surface area contributed by atoms with Crippen LogP contribution in [-0.4, -0.2) is 26.0 Å². The van der Waals surface area contributed by atoms with Crippen molar-refractivity contribution in [2.75, 3.05) is 0 Å². The molecule has 1 amide bonds. The maximum absolute atomic E-state index is 12.8. The Kier molecular flexibility index (Phi) is 4.02. The standard InChI is InChI=1S/C21H24N4O/c1-14(2)25-13-23-18-10-17(12-22-19(18)25)20(26)24-21(7-8-21)11-16-6-4-5-15(3)9-16/h4-6,9-10,12-14H,7-8,11H2,1-3H3,(H,24,26). The first-order valence-corrected chi connectivity index (χ1v) is 9.16. The number of nitrogens with zero attached hydrogens (tertiary/aromatic N) is 3. The highest BCUT2D eigenvalue weighted by atomic mass is 16.1. The zero-order valence-electron chi connectivity index (χ0n) is 15.5. The van der Waals surface area contributed by atoms with Crippen LogP contribution in [0.15, 0.2) is 42.9 Å². The van der Waals surface area contributed by atoms with Gasteiger partial charge in [0.05, 0.1) is 11.9 Å². The van der Waals surface area contributed by atoms with E-state index in [0.717, 1.165) is 30.4 Å². The second kappa shape index (κ2) is 6.24. The van der Waals surface area contributed by atoms with Gasteiger partial charge in [0.2, 0.25) is 0 Å². The van der Waals surface area contributed by atoms with Gasteiger partial charge in [-0.2, -0.15) is 0 Å². The smallest absolute Gasteiger partial charge is 0.253 e. The molecule has 2 heterocycles. The minimum atomic E-state index is -0.114. The largest absolute Gasteiger partial charge is 0.346 e. The van der Waals surface area contributed by atoms with Gasteiger partial charge in [0, 0.05) is 17.8 Å². The number of pyridine rings is 1. The second-order valence-electron chi connectivity index (χ2n) is 7.71. The van der Waals surface area contributed by atoms with Crippen LogP contribution in [0.1, 0.15) is 54.2 Å². The number of amides is 1. The van der Waals surface area contributed by atoms with E-state index in [1.807, 2.05) is 10.6 Å². The van der Waals surface area contributed by atoms with Gasteiger partial charge in [0.15, 0.2) is 5.65 Å². The summed E-state index contributed by atoms with van der Waals surface area (Å²) in [6, 6.07) is 10.6. The molecule has 3 aromatic rings. The molecule has 1 saturated carbocycles. The average molecular weight is 348 g/mol. The van der Waals surface area contributed by atoms with E-state index in [-0.39, 0.29) is 17.5 Å². The molecule has 0 atom stereocenters. The highest BCUT2D eigenvalue weighted by Gasteiger charge is 2.44. The molecule has 2 aromatic heterocycles. The summed E-state index contributed by atoms with van der Waals surface area (Å²) in [5, 5.41) is 3.23. The molecule has 1 aliphatic carbocycles. The van der Waals surface area contributed by atoms with E-state index in [0.29, 0.717) is 5.56 Å². The fraction of sp³-hybridized carbons (Fsp3) is 0.381. The number of carbonyl (C=O) groups excluding carboxylic acids is 1. The Hall–Kier alpha value is -2.69. The maximum Gasteiger partial charge on any atom is 0.253 e. The van der Waals surface area contributed by atoms with E-state index in [2.05, 4.69) is 60.3 Å². The van der Waals surface area contributed by atoms with Crippen molar-refractivity contribution in [1.82, 2.24) is 19.9 Å². The molecule has 26 heavy (non-hydrogen) atoms. The molecule has 0 saturated heterocycles. The van der Waals surface area contributed by atoms with Crippen LogP contribution in [0.4, 0.5) is 0 Å². The van der Waals surface area contributed by atoms with Crippen molar-refractivity contribution >= 4 is 17.1 Å². The van der Waals surface area contributed by atoms with E-state index in [9.17, 15) is 4.79 Å². The molecule has 1 fully saturated rings. The monoisotopic (exact) mass is 348 g/mol. The van der Waals surface area contributed by atoms with E-state index in [1.54, 1.807) is 12.5 Å². The molecule has 1 N–H and O–H groups in total. The van der Waals surface area contributed by atoms with Gasteiger partial charge in [-0.15, -0.1) is 0 Å². The predicted molar refractivity (Wildman–Crippen MR) is 102 cm³/mol. The minimum Gasteiger partial charge on any atom is -0.346 e. The van der Waals surface area contributed by atoms with Gasteiger partial charge in [-0.05, 0) is 51.7 Å². The molecule has 0 spiro atoms. The van der Waals surface area contributed by atoms with E-state index < -0.39 is 0 Å². The van der Waals surface area contributed by atoms with Crippen LogP contribution in [0, 0.1) is 6.92 Å². The van der Waals surface area contributed by atoms with Crippen LogP contribution in [0.3, 0.4) is 0 Å². The number of rotatable bonds is 5. The van der Waals surface area contributed by atoms with Gasteiger partial charge in [-0.1, -0.05) is 29.8 Å². The molecule has 134 valence electrons. The lowest BCUT2D eigenvalue weighted by Gasteiger charge is -2.18. The number of fused-ring (bicyclic) bond motifs is 1. The Morgan fingerprint density at radius 3 is 2.77 bits per heavy atom. The Labute approximate surface area is 153 Å². The molecule has 0 unspecified atom stereocenters. The second-order valence-corrected chi connectivity index (χ2v) is 7.71. The van der Waals surface area contributed by atoms with Gasteiger partial charge in [-0.3, -0.25) is 4.79 Å². The molecule has 1 aromatic carbocycles. The van der Waals surface area contributed by atoms with Gasteiger partial charge < -0.3 is 9.88 Å². The zero-order chi connectivity index (χ0) is 18.3. The Balaban J connectivity index is 1.52. The van der Waals surface area contributed by atoms with Crippen LogP contribution in [0.2, 0.25) is 0 Å². The van der Waals surface area contributed by atoms with Crippen molar-refractivity contribution in [2.24, 2.45) is 0 Å². The summed E-state index contributed by atoms with van der Waals surface area (Å²) in [5.41, 5.74) is 4.55. The number of aryl methyl sites for hydroxylation is 1. The third-order valence-electron chi connectivity index (χ3n) is 5.09. The summed E-state index contributed by atoms with van der Waals surface area (Å²) in [6.07, 6.45) is 6.35. The first-order valence-electron chi connectivity index (χ1n) is 9.16. The summed E-state index contributed by atoms with van der Waals surface area (Å²) in [6.45, 7) is 6.27. The lowest BCUT2D eigenvalue weighted by molar-refractivity contribution is 0.0931. The van der Waals surface area contributed by atoms with Crippen molar-refractivity contribution < 1.29 is 4.79 Å². The summed E-state index contributed by atoms with van der Waals surface area (Å²) >= 11 is 0. The maximum atomic E-state index is 12.8. The van der Waals surface area contributed by atoms with Gasteiger partial charge >= 0.3 is 0 Å². The molecular formula is C21H24N4O. The number of aromatic nitrogens is 3. The molecule has 5 heteroatoms. The predicted octanol–water partition coefficient (Wildman–Crippen LogP) is 3.83. The molecule has 0 aliphatic heterocycles. The van der Waals surface area contributed by atoms with Gasteiger partial charge in [0.25, 0.3) is 5.91 Å². The van der Waals surface area contributed by atoms with E-state index in [4.69, 9.17) is 0 Å². The summed E-state index contributed by atoms with van der Waals surface area (Å²) in [7, 11) is 0. The van der Waals surface area contributed by atoms with E-state index >= 15 is 0 Å². The van der Waals surface area contributed by atoms with Gasteiger partial charge in [-0.25, -0.2) is 9.97 Å². The number of benzene rings is 1. The third-order valence-corrected chi connectivity index (χ3v) is 5.09. The Bertz CT molecular complexity index is 969. The van der Waals surface area contributed by atoms with Gasteiger partial charge in [0.1, 0.15) is 5.52 Å². The lowest BCUT2D eigenvalue weighted by Crippen LogP contribution is -2.38. The average Bonchev–Trinajstić information content (AvgIpc) is 3.20. The van der Waals surface area contributed by atoms with Crippen molar-refractivity contribution in [1.29, 1.82) is 0 Å². The molecule has 0 bridgehead atoms. The summed E-state index contributed by atoms with van der Waals surface area (Å²) in [4.78, 5) is 21.6. The van der Waals surface area contributed by atoms with Crippen molar-refractivity contribution in [3.05, 3.63) is 59.5 Å². The third kappa shape index (κ3) is 3.21.